The summed E-state index contributed by atoms with van der Waals surface area (Å²) in [5, 5.41) is 10.1. The Morgan fingerprint density at radius 1 is 1.10 bits per heavy atom. The van der Waals surface area contributed by atoms with E-state index in [0.29, 0.717) is 17.9 Å². The third-order valence-corrected chi connectivity index (χ3v) is 6.37. The minimum Gasteiger partial charge on any atom is -0.395 e. The monoisotopic (exact) mass is 403 g/mol. The second-order valence-corrected chi connectivity index (χ2v) is 8.89. The average Bonchev–Trinajstić information content (AvgIpc) is 2.74. The molecular formula is C26H33N3O. The maximum Gasteiger partial charge on any atom is 0.0593 e. The third kappa shape index (κ3) is 4.75. The van der Waals surface area contributed by atoms with Gasteiger partial charge in [-0.05, 0) is 55.8 Å². The van der Waals surface area contributed by atoms with Gasteiger partial charge in [-0.2, -0.15) is 0 Å². The number of aliphatic hydroxyl groups excluding tert-OH is 1. The highest BCUT2D eigenvalue weighted by Gasteiger charge is 2.48. The van der Waals surface area contributed by atoms with Crippen LogP contribution in [-0.4, -0.2) is 58.2 Å². The Balaban J connectivity index is 1.51. The molecule has 4 heteroatoms. The predicted octanol–water partition coefficient (Wildman–Crippen LogP) is 3.51. The van der Waals surface area contributed by atoms with Crippen LogP contribution in [0.3, 0.4) is 0 Å². The number of rotatable bonds is 4. The average molecular weight is 404 g/mol. The van der Waals surface area contributed by atoms with Gasteiger partial charge in [0.2, 0.25) is 0 Å². The number of nitrogens with zero attached hydrogens (tertiary/aromatic N) is 3. The van der Waals surface area contributed by atoms with Crippen molar-refractivity contribution in [3.8, 4) is 11.8 Å². The fraction of sp³-hybridized carbons (Fsp3) is 0.500. The minimum absolute atomic E-state index is 0.219. The highest BCUT2D eigenvalue weighted by Crippen LogP contribution is 2.42. The molecule has 2 aliphatic rings. The van der Waals surface area contributed by atoms with Crippen molar-refractivity contribution in [2.75, 3.05) is 26.2 Å². The van der Waals surface area contributed by atoms with E-state index < -0.39 is 0 Å². The lowest BCUT2D eigenvalue weighted by Crippen LogP contribution is -2.67. The summed E-state index contributed by atoms with van der Waals surface area (Å²) in [6, 6.07) is 15.5. The van der Waals surface area contributed by atoms with Gasteiger partial charge in [0.1, 0.15) is 0 Å². The van der Waals surface area contributed by atoms with Crippen LogP contribution < -0.4 is 0 Å². The molecule has 3 atom stereocenters. The quantitative estimate of drug-likeness (QED) is 0.793. The van der Waals surface area contributed by atoms with Crippen LogP contribution in [0.1, 0.15) is 49.4 Å². The van der Waals surface area contributed by atoms with Crippen molar-refractivity contribution in [1.82, 2.24) is 14.8 Å². The van der Waals surface area contributed by atoms with Crippen molar-refractivity contribution in [2.45, 2.75) is 51.2 Å². The SMILES string of the molecule is CC(C)C#Cc1ccc([C@H]2[C@H]3CN(Cc4ccccn4)CCCCN3[C@H]2CO)cc1. The number of fused-ring (bicyclic) bond motifs is 1. The Morgan fingerprint density at radius 2 is 1.90 bits per heavy atom. The van der Waals surface area contributed by atoms with E-state index in [0.717, 1.165) is 37.4 Å². The molecule has 0 radical (unpaired) electrons. The van der Waals surface area contributed by atoms with E-state index in [-0.39, 0.29) is 12.6 Å². The summed E-state index contributed by atoms with van der Waals surface area (Å²) >= 11 is 0. The summed E-state index contributed by atoms with van der Waals surface area (Å²) in [6.45, 7) is 8.56. The zero-order chi connectivity index (χ0) is 20.9. The Hall–Kier alpha value is -2.19. The molecule has 2 aliphatic heterocycles. The molecule has 2 fully saturated rings. The highest BCUT2D eigenvalue weighted by molar-refractivity contribution is 5.39. The van der Waals surface area contributed by atoms with Crippen LogP contribution in [0, 0.1) is 17.8 Å². The standard InChI is InChI=1S/C26H33N3O/c1-20(2)8-9-21-10-12-22(13-11-21)26-24-18-28(17-23-7-3-4-14-27-23)15-5-6-16-29(24)25(26)19-30/h3-4,7,10-14,20,24-26,30H,5-6,15-19H2,1-2H3/t24-,25+,26+/m1/s1. The van der Waals surface area contributed by atoms with E-state index in [9.17, 15) is 5.11 Å². The number of pyridine rings is 1. The Kier molecular flexibility index (Phi) is 6.84. The summed E-state index contributed by atoms with van der Waals surface area (Å²) in [5.74, 6) is 7.24. The smallest absolute Gasteiger partial charge is 0.0593 e. The Bertz CT molecular complexity index is 869. The molecule has 0 spiro atoms. The van der Waals surface area contributed by atoms with Crippen molar-refractivity contribution in [1.29, 1.82) is 0 Å². The van der Waals surface area contributed by atoms with Gasteiger partial charge < -0.3 is 5.11 Å². The van der Waals surface area contributed by atoms with Crippen LogP contribution in [0.25, 0.3) is 0 Å². The molecule has 1 aromatic heterocycles. The number of hydrogen-bond acceptors (Lipinski definition) is 4. The molecule has 30 heavy (non-hydrogen) atoms. The highest BCUT2D eigenvalue weighted by atomic mass is 16.3. The van der Waals surface area contributed by atoms with Crippen molar-refractivity contribution in [3.63, 3.8) is 0 Å². The van der Waals surface area contributed by atoms with Crippen LogP contribution >= 0.6 is 0 Å². The molecule has 0 aliphatic carbocycles. The molecule has 0 bridgehead atoms. The van der Waals surface area contributed by atoms with Crippen LogP contribution in [0.4, 0.5) is 0 Å². The lowest BCUT2D eigenvalue weighted by atomic mass is 9.74. The van der Waals surface area contributed by atoms with E-state index in [2.05, 4.69) is 76.9 Å². The van der Waals surface area contributed by atoms with Crippen LogP contribution in [0.15, 0.2) is 48.7 Å². The number of benzene rings is 1. The van der Waals surface area contributed by atoms with E-state index in [1.165, 1.54) is 18.4 Å². The molecule has 1 aromatic carbocycles. The predicted molar refractivity (Wildman–Crippen MR) is 121 cm³/mol. The maximum atomic E-state index is 10.1. The second kappa shape index (κ2) is 9.75. The van der Waals surface area contributed by atoms with Gasteiger partial charge in [-0.15, -0.1) is 0 Å². The van der Waals surface area contributed by atoms with Crippen LogP contribution in [-0.2, 0) is 6.54 Å². The van der Waals surface area contributed by atoms with E-state index in [1.807, 2.05) is 12.3 Å². The zero-order valence-corrected chi connectivity index (χ0v) is 18.2. The van der Waals surface area contributed by atoms with Crippen molar-refractivity contribution in [3.05, 3.63) is 65.5 Å². The maximum absolute atomic E-state index is 10.1. The first-order valence-electron chi connectivity index (χ1n) is 11.3. The van der Waals surface area contributed by atoms with Gasteiger partial charge in [0.25, 0.3) is 0 Å². The van der Waals surface area contributed by atoms with Crippen LogP contribution in [0.2, 0.25) is 0 Å². The van der Waals surface area contributed by atoms with Gasteiger partial charge in [-0.25, -0.2) is 0 Å². The van der Waals surface area contributed by atoms with E-state index in [4.69, 9.17) is 0 Å². The molecular weight excluding hydrogens is 370 g/mol. The summed E-state index contributed by atoms with van der Waals surface area (Å²) in [7, 11) is 0. The number of aromatic nitrogens is 1. The van der Waals surface area contributed by atoms with E-state index >= 15 is 0 Å². The molecule has 1 N–H and O–H groups in total. The zero-order valence-electron chi connectivity index (χ0n) is 18.2. The Labute approximate surface area is 180 Å². The third-order valence-electron chi connectivity index (χ3n) is 6.37. The van der Waals surface area contributed by atoms with Crippen molar-refractivity contribution >= 4 is 0 Å². The Morgan fingerprint density at radius 3 is 2.60 bits per heavy atom. The largest absolute Gasteiger partial charge is 0.395 e. The lowest BCUT2D eigenvalue weighted by Gasteiger charge is -2.57. The lowest BCUT2D eigenvalue weighted by molar-refractivity contribution is -0.0656. The molecule has 2 aromatic rings. The molecule has 158 valence electrons. The topological polar surface area (TPSA) is 39.6 Å². The molecule has 0 amide bonds. The summed E-state index contributed by atoms with van der Waals surface area (Å²) in [6.07, 6.45) is 4.26. The summed E-state index contributed by atoms with van der Waals surface area (Å²) in [5.41, 5.74) is 3.52. The summed E-state index contributed by atoms with van der Waals surface area (Å²) < 4.78 is 0. The molecule has 2 saturated heterocycles. The number of aliphatic hydroxyl groups is 1. The first-order chi connectivity index (χ1) is 14.7. The molecule has 0 saturated carbocycles. The van der Waals surface area contributed by atoms with Gasteiger partial charge in [0, 0.05) is 48.8 Å². The van der Waals surface area contributed by atoms with Crippen molar-refractivity contribution in [2.24, 2.45) is 5.92 Å². The molecule has 3 heterocycles. The van der Waals surface area contributed by atoms with Gasteiger partial charge in [-0.1, -0.05) is 43.9 Å². The first kappa shape index (κ1) is 21.1. The fourth-order valence-corrected chi connectivity index (χ4v) is 4.89. The minimum atomic E-state index is 0.219. The van der Waals surface area contributed by atoms with Crippen molar-refractivity contribution < 1.29 is 5.11 Å². The van der Waals surface area contributed by atoms with E-state index in [1.54, 1.807) is 0 Å². The molecule has 4 nitrogen and oxygen atoms in total. The fourth-order valence-electron chi connectivity index (χ4n) is 4.89. The number of hydrogen-bond donors (Lipinski definition) is 1. The van der Waals surface area contributed by atoms with Gasteiger partial charge in [0.15, 0.2) is 0 Å². The van der Waals surface area contributed by atoms with Gasteiger partial charge in [-0.3, -0.25) is 14.8 Å². The van der Waals surface area contributed by atoms with Crippen LogP contribution in [0.5, 0.6) is 0 Å². The second-order valence-electron chi connectivity index (χ2n) is 8.89. The normalized spacial score (nSPS) is 24.9. The molecule has 0 unspecified atom stereocenters. The first-order valence-corrected chi connectivity index (χ1v) is 11.3. The van der Waals surface area contributed by atoms with Gasteiger partial charge in [0.05, 0.1) is 12.3 Å². The molecule has 4 rings (SSSR count). The van der Waals surface area contributed by atoms with Gasteiger partial charge >= 0.3 is 0 Å². The summed E-state index contributed by atoms with van der Waals surface area (Å²) in [4.78, 5) is 9.60.